The summed E-state index contributed by atoms with van der Waals surface area (Å²) in [5.41, 5.74) is 12.7. The normalized spacial score (nSPS) is 14.2. The van der Waals surface area contributed by atoms with Crippen molar-refractivity contribution >= 4 is 11.6 Å². The van der Waals surface area contributed by atoms with E-state index in [1.54, 1.807) is 4.68 Å². The van der Waals surface area contributed by atoms with Crippen LogP contribution < -0.4 is 0 Å². The Bertz CT molecular complexity index is 1360. The van der Waals surface area contributed by atoms with Gasteiger partial charge in [0, 0.05) is 10.9 Å². The first-order chi connectivity index (χ1) is 18.7. The van der Waals surface area contributed by atoms with Crippen molar-refractivity contribution in [2.24, 2.45) is 5.18 Å². The Morgan fingerprint density at radius 2 is 1.85 bits per heavy atom. The lowest BCUT2D eigenvalue weighted by Crippen LogP contribution is -2.06. The molecule has 1 aromatic heterocycles. The van der Waals surface area contributed by atoms with Gasteiger partial charge in [-0.15, -0.1) is 4.91 Å². The fraction of sp³-hybridized carbons (Fsp3) is 0.412. The van der Waals surface area contributed by atoms with Crippen molar-refractivity contribution < 1.29 is 4.79 Å². The SMILES string of the molecule is C=C(/C=C\C=C(/C)n1ncc(C(=O)N=O)c1CCC)C1=CCCC(C)=C1CCc1ccc(C)c(CCC)c1C. The minimum Gasteiger partial charge on any atom is -0.263 e. The number of nitrogens with zero attached hydrogens (tertiary/aromatic N) is 3. The summed E-state index contributed by atoms with van der Waals surface area (Å²) in [5.74, 6) is -0.775. The predicted molar refractivity (Wildman–Crippen MR) is 163 cm³/mol. The van der Waals surface area contributed by atoms with Crippen molar-refractivity contribution in [2.45, 2.75) is 92.9 Å². The molecule has 0 radical (unpaired) electrons. The van der Waals surface area contributed by atoms with E-state index < -0.39 is 5.91 Å². The third-order valence-electron chi connectivity index (χ3n) is 7.78. The van der Waals surface area contributed by atoms with Crippen LogP contribution in [-0.2, 0) is 19.3 Å². The number of benzene rings is 1. The second-order valence-corrected chi connectivity index (χ2v) is 10.6. The van der Waals surface area contributed by atoms with Gasteiger partial charge in [0.15, 0.2) is 0 Å². The highest BCUT2D eigenvalue weighted by Crippen LogP contribution is 2.34. The van der Waals surface area contributed by atoms with Crippen LogP contribution in [-0.4, -0.2) is 15.7 Å². The molecule has 1 heterocycles. The second kappa shape index (κ2) is 14.0. The van der Waals surface area contributed by atoms with E-state index in [-0.39, 0.29) is 5.56 Å². The maximum Gasteiger partial charge on any atom is 0.320 e. The molecule has 39 heavy (non-hydrogen) atoms. The van der Waals surface area contributed by atoms with Gasteiger partial charge in [0.25, 0.3) is 0 Å². The van der Waals surface area contributed by atoms with Gasteiger partial charge in [-0.05, 0) is 111 Å². The van der Waals surface area contributed by atoms with Gasteiger partial charge in [0.1, 0.15) is 0 Å². The molecule has 0 saturated heterocycles. The number of nitroso groups, excluding NO2 is 1. The third kappa shape index (κ3) is 7.08. The van der Waals surface area contributed by atoms with E-state index in [4.69, 9.17) is 0 Å². The highest BCUT2D eigenvalue weighted by molar-refractivity contribution is 5.95. The lowest BCUT2D eigenvalue weighted by Gasteiger charge is -2.22. The molecule has 0 spiro atoms. The van der Waals surface area contributed by atoms with Crippen LogP contribution in [0.5, 0.6) is 0 Å². The molecule has 0 aliphatic heterocycles. The topological polar surface area (TPSA) is 64.3 Å². The molecule has 1 aliphatic rings. The number of hydrogen-bond donors (Lipinski definition) is 0. The molecule has 1 aliphatic carbocycles. The van der Waals surface area contributed by atoms with Gasteiger partial charge in [-0.2, -0.15) is 5.10 Å². The molecule has 0 bridgehead atoms. The molecular weight excluding hydrogens is 482 g/mol. The highest BCUT2D eigenvalue weighted by Gasteiger charge is 2.18. The Labute approximate surface area is 234 Å². The molecule has 1 amide bonds. The monoisotopic (exact) mass is 525 g/mol. The number of aryl methyl sites for hydroxylation is 2. The van der Waals surface area contributed by atoms with Gasteiger partial charge in [-0.3, -0.25) is 4.79 Å². The predicted octanol–water partition coefficient (Wildman–Crippen LogP) is 8.95. The maximum absolute atomic E-state index is 11.9. The van der Waals surface area contributed by atoms with Crippen LogP contribution >= 0.6 is 0 Å². The van der Waals surface area contributed by atoms with Gasteiger partial charge >= 0.3 is 5.91 Å². The molecule has 0 N–H and O–H groups in total. The molecule has 0 atom stereocenters. The minimum atomic E-state index is -0.775. The van der Waals surface area contributed by atoms with Gasteiger partial charge in [0.05, 0.1) is 17.5 Å². The number of rotatable bonds is 12. The van der Waals surface area contributed by atoms with Crippen LogP contribution in [0.25, 0.3) is 5.70 Å². The van der Waals surface area contributed by atoms with E-state index >= 15 is 0 Å². The summed E-state index contributed by atoms with van der Waals surface area (Å²) < 4.78 is 1.72. The molecule has 1 aromatic carbocycles. The van der Waals surface area contributed by atoms with E-state index in [1.807, 2.05) is 32.1 Å². The van der Waals surface area contributed by atoms with E-state index in [0.29, 0.717) is 12.1 Å². The van der Waals surface area contributed by atoms with Gasteiger partial charge in [-0.1, -0.05) is 69.2 Å². The zero-order valence-corrected chi connectivity index (χ0v) is 24.6. The summed E-state index contributed by atoms with van der Waals surface area (Å²) in [7, 11) is 0. The number of carbonyl (C=O) groups excluding carboxylic acids is 1. The van der Waals surface area contributed by atoms with Crippen LogP contribution in [0.1, 0.15) is 98.1 Å². The second-order valence-electron chi connectivity index (χ2n) is 10.6. The zero-order valence-electron chi connectivity index (χ0n) is 24.6. The highest BCUT2D eigenvalue weighted by atomic mass is 16.3. The largest absolute Gasteiger partial charge is 0.320 e. The fourth-order valence-corrected chi connectivity index (χ4v) is 5.56. The number of carbonyl (C=O) groups is 1. The summed E-state index contributed by atoms with van der Waals surface area (Å²) >= 11 is 0. The lowest BCUT2D eigenvalue weighted by atomic mass is 9.83. The average Bonchev–Trinajstić information content (AvgIpc) is 3.34. The Kier molecular flexibility index (Phi) is 10.7. The van der Waals surface area contributed by atoms with Crippen LogP contribution in [0.2, 0.25) is 0 Å². The molecular formula is C34H43N3O2. The standard InChI is InChI=1S/C34H43N3O2/c1-8-12-29-25(5)18-19-28(27(29)7)20-21-31-24(4)15-11-17-30(31)23(3)14-10-16-26(6)37-33(13-9-2)32(22-35-37)34(38)36-39/h10,14,16-19,22H,3,8-9,11-13,15,20-21H2,1-2,4-7H3/b14-10-,26-16+. The number of hydrogen-bond acceptors (Lipinski definition) is 3. The Hall–Kier alpha value is -3.60. The molecule has 5 heteroatoms. The van der Waals surface area contributed by atoms with Crippen LogP contribution in [0.15, 0.2) is 76.7 Å². The molecule has 206 valence electrons. The summed E-state index contributed by atoms with van der Waals surface area (Å²) in [4.78, 5) is 22.7. The first-order valence-electron chi connectivity index (χ1n) is 14.2. The molecule has 3 rings (SSSR count). The number of aromatic nitrogens is 2. The van der Waals surface area contributed by atoms with Gasteiger partial charge in [-0.25, -0.2) is 4.68 Å². The summed E-state index contributed by atoms with van der Waals surface area (Å²) in [6.07, 6.45) is 17.7. The summed E-state index contributed by atoms with van der Waals surface area (Å²) in [6, 6.07) is 4.59. The smallest absolute Gasteiger partial charge is 0.263 e. The Morgan fingerprint density at radius 1 is 1.10 bits per heavy atom. The van der Waals surface area contributed by atoms with Crippen molar-refractivity contribution in [3.63, 3.8) is 0 Å². The molecule has 0 fully saturated rings. The van der Waals surface area contributed by atoms with E-state index in [9.17, 15) is 9.70 Å². The van der Waals surface area contributed by atoms with Crippen molar-refractivity contribution in [3.8, 4) is 0 Å². The fourth-order valence-electron chi connectivity index (χ4n) is 5.56. The quantitative estimate of drug-likeness (QED) is 0.205. The molecule has 5 nitrogen and oxygen atoms in total. The van der Waals surface area contributed by atoms with Crippen LogP contribution in [0.4, 0.5) is 0 Å². The molecule has 2 aromatic rings. The van der Waals surface area contributed by atoms with Crippen molar-refractivity contribution in [1.82, 2.24) is 9.78 Å². The van der Waals surface area contributed by atoms with Crippen molar-refractivity contribution in [1.29, 1.82) is 0 Å². The van der Waals surface area contributed by atoms with E-state index in [2.05, 4.69) is 62.8 Å². The summed E-state index contributed by atoms with van der Waals surface area (Å²) in [5, 5.41) is 6.93. The van der Waals surface area contributed by atoms with E-state index in [0.717, 1.165) is 56.2 Å². The third-order valence-corrected chi connectivity index (χ3v) is 7.78. The maximum atomic E-state index is 11.9. The van der Waals surface area contributed by atoms with Crippen LogP contribution in [0, 0.1) is 18.8 Å². The van der Waals surface area contributed by atoms with Crippen molar-refractivity contribution in [3.05, 3.63) is 110 Å². The number of amides is 1. The van der Waals surface area contributed by atoms with Crippen molar-refractivity contribution in [2.75, 3.05) is 0 Å². The number of allylic oxidation sites excluding steroid dienone is 9. The lowest BCUT2D eigenvalue weighted by molar-refractivity contribution is 0.1000. The molecule has 0 unspecified atom stereocenters. The van der Waals surface area contributed by atoms with Crippen LogP contribution in [0.3, 0.4) is 0 Å². The Morgan fingerprint density at radius 3 is 2.54 bits per heavy atom. The van der Waals surface area contributed by atoms with Gasteiger partial charge in [0.2, 0.25) is 0 Å². The zero-order chi connectivity index (χ0) is 28.5. The molecule has 0 saturated carbocycles. The average molecular weight is 526 g/mol. The van der Waals surface area contributed by atoms with E-state index in [1.165, 1.54) is 45.2 Å². The first kappa shape index (κ1) is 29.9. The van der Waals surface area contributed by atoms with Gasteiger partial charge < -0.3 is 0 Å². The summed E-state index contributed by atoms with van der Waals surface area (Å²) in [6.45, 7) is 17.4. The Balaban J connectivity index is 1.77. The minimum absolute atomic E-state index is 0.274. The first-order valence-corrected chi connectivity index (χ1v) is 14.2.